The maximum Gasteiger partial charge on any atom is 0.414 e. The number of amides is 1. The standard InChI is InChI=1S/C17H16F3N3O3S/c18-7-15(27)21-8-12-9-23(17(25)26-12)10-5-13(19)16(14(20)6-10)22-3-1-11(24)2-4-22/h1,3,5-6,12H,2,4,7-9H2,(H,21,27). The van der Waals surface area contributed by atoms with Crippen LogP contribution in [0.1, 0.15) is 6.42 Å². The van der Waals surface area contributed by atoms with Crippen LogP contribution in [0.15, 0.2) is 24.4 Å². The number of halogens is 3. The predicted molar refractivity (Wildman–Crippen MR) is 96.7 cm³/mol. The van der Waals surface area contributed by atoms with Gasteiger partial charge in [0.25, 0.3) is 0 Å². The van der Waals surface area contributed by atoms with E-state index in [0.717, 1.165) is 17.0 Å². The van der Waals surface area contributed by atoms with E-state index >= 15 is 0 Å². The largest absolute Gasteiger partial charge is 0.442 e. The van der Waals surface area contributed by atoms with Gasteiger partial charge < -0.3 is 15.0 Å². The Labute approximate surface area is 158 Å². The van der Waals surface area contributed by atoms with E-state index in [1.54, 1.807) is 0 Å². The van der Waals surface area contributed by atoms with Crippen LogP contribution in [0.25, 0.3) is 0 Å². The highest BCUT2D eigenvalue weighted by molar-refractivity contribution is 7.80. The molecule has 1 saturated heterocycles. The molecule has 0 aromatic heterocycles. The molecule has 0 saturated carbocycles. The Bertz CT molecular complexity index is 795. The summed E-state index contributed by atoms with van der Waals surface area (Å²) in [5, 5.41) is 2.61. The Morgan fingerprint density at radius 3 is 2.59 bits per heavy atom. The number of alkyl halides is 1. The predicted octanol–water partition coefficient (Wildman–Crippen LogP) is 2.47. The van der Waals surface area contributed by atoms with Crippen molar-refractivity contribution in [2.24, 2.45) is 0 Å². The van der Waals surface area contributed by atoms with Crippen molar-refractivity contribution in [1.29, 1.82) is 0 Å². The van der Waals surface area contributed by atoms with Crippen molar-refractivity contribution in [3.8, 4) is 0 Å². The lowest BCUT2D eigenvalue weighted by molar-refractivity contribution is -0.114. The molecule has 1 atom stereocenters. The van der Waals surface area contributed by atoms with Crippen molar-refractivity contribution >= 4 is 40.5 Å². The molecule has 1 aromatic carbocycles. The SMILES string of the molecule is O=C1C=CN(c2c(F)cc(N3CC(CNC(=S)CF)OC3=O)cc2F)CC1. The number of ether oxygens (including phenoxy) is 1. The Hall–Kier alpha value is -2.62. The zero-order valence-corrected chi connectivity index (χ0v) is 14.9. The average molecular weight is 399 g/mol. The van der Waals surface area contributed by atoms with E-state index in [9.17, 15) is 22.8 Å². The van der Waals surface area contributed by atoms with E-state index in [-0.39, 0.29) is 48.2 Å². The molecule has 0 radical (unpaired) electrons. The fourth-order valence-corrected chi connectivity index (χ4v) is 2.93. The van der Waals surface area contributed by atoms with E-state index in [2.05, 4.69) is 17.5 Å². The van der Waals surface area contributed by atoms with Crippen LogP contribution in [0.5, 0.6) is 0 Å². The van der Waals surface area contributed by atoms with E-state index in [1.807, 2.05) is 0 Å². The van der Waals surface area contributed by atoms with Crippen LogP contribution in [0.4, 0.5) is 29.3 Å². The number of rotatable bonds is 5. The van der Waals surface area contributed by atoms with Crippen LogP contribution in [0.3, 0.4) is 0 Å². The van der Waals surface area contributed by atoms with Gasteiger partial charge in [-0.1, -0.05) is 12.2 Å². The molecule has 1 amide bonds. The number of cyclic esters (lactones) is 1. The highest BCUT2D eigenvalue weighted by atomic mass is 32.1. The molecule has 27 heavy (non-hydrogen) atoms. The lowest BCUT2D eigenvalue weighted by Gasteiger charge is -2.25. The number of ketones is 1. The molecule has 2 aliphatic rings. The summed E-state index contributed by atoms with van der Waals surface area (Å²) in [4.78, 5) is 25.6. The number of benzene rings is 1. The van der Waals surface area contributed by atoms with Gasteiger partial charge in [-0.3, -0.25) is 9.69 Å². The molecule has 1 N–H and O–H groups in total. The first-order valence-corrected chi connectivity index (χ1v) is 8.57. The van der Waals surface area contributed by atoms with Gasteiger partial charge in [-0.25, -0.2) is 18.0 Å². The van der Waals surface area contributed by atoms with E-state index in [4.69, 9.17) is 4.74 Å². The Balaban J connectivity index is 1.76. The van der Waals surface area contributed by atoms with Crippen molar-refractivity contribution in [3.63, 3.8) is 0 Å². The molecule has 0 aliphatic carbocycles. The van der Waals surface area contributed by atoms with Gasteiger partial charge in [0.05, 0.1) is 18.8 Å². The zero-order valence-electron chi connectivity index (χ0n) is 14.1. The molecule has 1 fully saturated rings. The molecular weight excluding hydrogens is 383 g/mol. The number of hydrogen-bond acceptors (Lipinski definition) is 5. The molecule has 10 heteroatoms. The van der Waals surface area contributed by atoms with Crippen molar-refractivity contribution in [3.05, 3.63) is 36.0 Å². The summed E-state index contributed by atoms with van der Waals surface area (Å²) in [5.74, 6) is -1.84. The first-order chi connectivity index (χ1) is 12.9. The van der Waals surface area contributed by atoms with Gasteiger partial charge in [0.1, 0.15) is 23.5 Å². The van der Waals surface area contributed by atoms with Gasteiger partial charge in [-0.2, -0.15) is 0 Å². The lowest BCUT2D eigenvalue weighted by atomic mass is 10.1. The third kappa shape index (κ3) is 4.21. The number of nitrogens with zero attached hydrogens (tertiary/aromatic N) is 2. The number of thiocarbonyl (C=S) groups is 1. The third-order valence-electron chi connectivity index (χ3n) is 4.16. The summed E-state index contributed by atoms with van der Waals surface area (Å²) in [6, 6.07) is 2.07. The second kappa shape index (κ2) is 7.95. The smallest absolute Gasteiger partial charge is 0.414 e. The summed E-state index contributed by atoms with van der Waals surface area (Å²) in [6.45, 7) is -0.525. The molecular formula is C17H16F3N3O3S. The fourth-order valence-electron chi connectivity index (χ4n) is 2.84. The summed E-state index contributed by atoms with van der Waals surface area (Å²) < 4.78 is 46.5. The Morgan fingerprint density at radius 2 is 2.00 bits per heavy atom. The van der Waals surface area contributed by atoms with Gasteiger partial charge in [0, 0.05) is 31.3 Å². The first kappa shape index (κ1) is 19.2. The molecule has 0 spiro atoms. The number of hydrogen-bond donors (Lipinski definition) is 1. The van der Waals surface area contributed by atoms with Crippen molar-refractivity contribution < 1.29 is 27.5 Å². The van der Waals surface area contributed by atoms with Gasteiger partial charge >= 0.3 is 6.09 Å². The van der Waals surface area contributed by atoms with Crippen LogP contribution < -0.4 is 15.1 Å². The summed E-state index contributed by atoms with van der Waals surface area (Å²) in [6.07, 6.45) is 1.34. The van der Waals surface area contributed by atoms with E-state index in [1.165, 1.54) is 17.2 Å². The monoisotopic (exact) mass is 399 g/mol. The highest BCUT2D eigenvalue weighted by Crippen LogP contribution is 2.31. The molecule has 2 aliphatic heterocycles. The van der Waals surface area contributed by atoms with Crippen LogP contribution in [-0.2, 0) is 9.53 Å². The number of nitrogens with one attached hydrogen (secondary N) is 1. The van der Waals surface area contributed by atoms with Crippen molar-refractivity contribution in [2.45, 2.75) is 12.5 Å². The van der Waals surface area contributed by atoms with Gasteiger partial charge in [-0.15, -0.1) is 0 Å². The quantitative estimate of drug-likeness (QED) is 0.768. The van der Waals surface area contributed by atoms with Crippen LogP contribution in [-0.4, -0.2) is 49.3 Å². The minimum atomic E-state index is -0.864. The molecule has 3 rings (SSSR count). The third-order valence-corrected chi connectivity index (χ3v) is 4.42. The minimum Gasteiger partial charge on any atom is -0.442 e. The Kier molecular flexibility index (Phi) is 5.64. The van der Waals surface area contributed by atoms with Crippen LogP contribution in [0.2, 0.25) is 0 Å². The topological polar surface area (TPSA) is 61.9 Å². The summed E-state index contributed by atoms with van der Waals surface area (Å²) in [7, 11) is 0. The maximum atomic E-state index is 14.5. The molecule has 6 nitrogen and oxygen atoms in total. The number of carbonyl (C=O) groups excluding carboxylic acids is 2. The lowest BCUT2D eigenvalue weighted by Crippen LogP contribution is -2.34. The van der Waals surface area contributed by atoms with Crippen LogP contribution in [0, 0.1) is 11.6 Å². The molecule has 144 valence electrons. The van der Waals surface area contributed by atoms with Crippen molar-refractivity contribution in [2.75, 3.05) is 36.1 Å². The number of anilines is 2. The first-order valence-electron chi connectivity index (χ1n) is 8.16. The fraction of sp³-hybridized carbons (Fsp3) is 0.353. The molecule has 2 heterocycles. The minimum absolute atomic E-state index is 0.00591. The molecule has 1 unspecified atom stereocenters. The van der Waals surface area contributed by atoms with Gasteiger partial charge in [0.2, 0.25) is 0 Å². The van der Waals surface area contributed by atoms with Crippen molar-refractivity contribution in [1.82, 2.24) is 5.32 Å². The summed E-state index contributed by atoms with van der Waals surface area (Å²) in [5.41, 5.74) is -0.284. The van der Waals surface area contributed by atoms with Gasteiger partial charge in [0.15, 0.2) is 17.4 Å². The number of allylic oxidation sites excluding steroid dienone is 1. The number of carbonyl (C=O) groups is 2. The maximum absolute atomic E-state index is 14.5. The average Bonchev–Trinajstić information content (AvgIpc) is 3.01. The van der Waals surface area contributed by atoms with Gasteiger partial charge in [-0.05, 0) is 6.08 Å². The van der Waals surface area contributed by atoms with E-state index < -0.39 is 30.5 Å². The molecule has 1 aromatic rings. The van der Waals surface area contributed by atoms with Crippen LogP contribution >= 0.6 is 12.2 Å². The zero-order chi connectivity index (χ0) is 19.6. The normalized spacial score (nSPS) is 19.4. The summed E-state index contributed by atoms with van der Waals surface area (Å²) >= 11 is 4.69. The second-order valence-electron chi connectivity index (χ2n) is 6.04. The Morgan fingerprint density at radius 1 is 1.30 bits per heavy atom. The molecule has 0 bridgehead atoms. The van der Waals surface area contributed by atoms with E-state index in [0.29, 0.717) is 0 Å². The highest BCUT2D eigenvalue weighted by Gasteiger charge is 2.33. The second-order valence-corrected chi connectivity index (χ2v) is 6.53.